The molecule has 1 aliphatic heterocycles. The second kappa shape index (κ2) is 6.02. The normalized spacial score (nSPS) is 20.5. The van der Waals surface area contributed by atoms with Gasteiger partial charge in [-0.25, -0.2) is 0 Å². The summed E-state index contributed by atoms with van der Waals surface area (Å²) in [5.41, 5.74) is 1.41. The molecule has 2 heteroatoms. The minimum Gasteiger partial charge on any atom is -0.314 e. The van der Waals surface area contributed by atoms with Crippen LogP contribution in [-0.2, 0) is 6.54 Å². The van der Waals surface area contributed by atoms with Crippen molar-refractivity contribution in [3.05, 3.63) is 35.9 Å². The van der Waals surface area contributed by atoms with E-state index in [1.165, 1.54) is 37.9 Å². The Kier molecular flexibility index (Phi) is 4.37. The van der Waals surface area contributed by atoms with E-state index in [0.717, 1.165) is 12.6 Å². The molecule has 0 aromatic heterocycles. The van der Waals surface area contributed by atoms with Crippen LogP contribution in [0.25, 0.3) is 0 Å². The highest BCUT2D eigenvalue weighted by atomic mass is 15.1. The van der Waals surface area contributed by atoms with Crippen LogP contribution in [0.2, 0.25) is 0 Å². The van der Waals surface area contributed by atoms with Gasteiger partial charge >= 0.3 is 0 Å². The Balaban J connectivity index is 1.69. The molecule has 2 rings (SSSR count). The van der Waals surface area contributed by atoms with E-state index in [1.807, 2.05) is 0 Å². The zero-order chi connectivity index (χ0) is 11.2. The fourth-order valence-electron chi connectivity index (χ4n) is 2.35. The Morgan fingerprint density at radius 2 is 2.12 bits per heavy atom. The molecule has 1 saturated heterocycles. The van der Waals surface area contributed by atoms with E-state index >= 15 is 0 Å². The van der Waals surface area contributed by atoms with E-state index in [2.05, 4.69) is 47.6 Å². The van der Waals surface area contributed by atoms with E-state index in [4.69, 9.17) is 0 Å². The number of hydrogen-bond acceptors (Lipinski definition) is 2. The second-order valence-corrected chi connectivity index (χ2v) is 4.81. The predicted molar refractivity (Wildman–Crippen MR) is 68.4 cm³/mol. The average molecular weight is 218 g/mol. The summed E-state index contributed by atoms with van der Waals surface area (Å²) in [5.74, 6) is 0. The minimum absolute atomic E-state index is 0.762. The first-order valence-electron chi connectivity index (χ1n) is 6.30. The van der Waals surface area contributed by atoms with Gasteiger partial charge in [-0.1, -0.05) is 30.3 Å². The number of nitrogens with zero attached hydrogens (tertiary/aromatic N) is 1. The molecule has 88 valence electrons. The quantitative estimate of drug-likeness (QED) is 0.815. The molecule has 1 unspecified atom stereocenters. The highest BCUT2D eigenvalue weighted by molar-refractivity contribution is 5.14. The molecule has 1 aromatic carbocycles. The minimum atomic E-state index is 0.762. The third kappa shape index (κ3) is 3.62. The number of rotatable bonds is 5. The molecular formula is C14H22N2. The van der Waals surface area contributed by atoms with Crippen molar-refractivity contribution >= 4 is 0 Å². The van der Waals surface area contributed by atoms with Gasteiger partial charge in [0.25, 0.3) is 0 Å². The molecule has 0 amide bonds. The molecule has 1 aliphatic rings. The number of benzene rings is 1. The Bertz CT molecular complexity index is 291. The van der Waals surface area contributed by atoms with Gasteiger partial charge in [0, 0.05) is 12.6 Å². The van der Waals surface area contributed by atoms with Crippen LogP contribution in [0.4, 0.5) is 0 Å². The van der Waals surface area contributed by atoms with Crippen molar-refractivity contribution in [2.45, 2.75) is 31.8 Å². The predicted octanol–water partition coefficient (Wildman–Crippen LogP) is 2.26. The molecule has 1 fully saturated rings. The molecule has 0 saturated carbocycles. The van der Waals surface area contributed by atoms with Crippen LogP contribution in [0.1, 0.15) is 24.8 Å². The summed E-state index contributed by atoms with van der Waals surface area (Å²) in [6, 6.07) is 11.5. The number of hydrogen-bond donors (Lipinski definition) is 1. The van der Waals surface area contributed by atoms with Gasteiger partial charge in [-0.2, -0.15) is 0 Å². The van der Waals surface area contributed by atoms with Gasteiger partial charge in [0.2, 0.25) is 0 Å². The molecule has 1 N–H and O–H groups in total. The van der Waals surface area contributed by atoms with Gasteiger partial charge in [0.1, 0.15) is 0 Å². The molecule has 2 nitrogen and oxygen atoms in total. The molecule has 0 aliphatic carbocycles. The zero-order valence-electron chi connectivity index (χ0n) is 10.2. The molecule has 1 atom stereocenters. The summed E-state index contributed by atoms with van der Waals surface area (Å²) in [7, 11) is 2.21. The standard InChI is InChI=1S/C14H22N2/c1-16(11-9-14-8-5-10-15-14)12-13-6-3-2-4-7-13/h2-4,6-7,14-15H,5,8-12H2,1H3. The number of nitrogens with one attached hydrogen (secondary N) is 1. The second-order valence-electron chi connectivity index (χ2n) is 4.81. The van der Waals surface area contributed by atoms with Crippen LogP contribution in [0.3, 0.4) is 0 Å². The smallest absolute Gasteiger partial charge is 0.0230 e. The van der Waals surface area contributed by atoms with Gasteiger partial charge in [0.05, 0.1) is 0 Å². The van der Waals surface area contributed by atoms with Gasteiger partial charge in [-0.15, -0.1) is 0 Å². The highest BCUT2D eigenvalue weighted by Crippen LogP contribution is 2.10. The summed E-state index contributed by atoms with van der Waals surface area (Å²) in [6.07, 6.45) is 4.00. The Hall–Kier alpha value is -0.860. The lowest BCUT2D eigenvalue weighted by atomic mass is 10.1. The molecule has 0 spiro atoms. The molecule has 0 radical (unpaired) electrons. The molecule has 16 heavy (non-hydrogen) atoms. The van der Waals surface area contributed by atoms with Crippen molar-refractivity contribution in [1.29, 1.82) is 0 Å². The average Bonchev–Trinajstić information content (AvgIpc) is 2.81. The van der Waals surface area contributed by atoms with Crippen molar-refractivity contribution in [3.8, 4) is 0 Å². The van der Waals surface area contributed by atoms with E-state index in [-0.39, 0.29) is 0 Å². The van der Waals surface area contributed by atoms with Crippen LogP contribution < -0.4 is 5.32 Å². The van der Waals surface area contributed by atoms with Gasteiger partial charge in [-0.05, 0) is 45.0 Å². The Morgan fingerprint density at radius 3 is 2.81 bits per heavy atom. The molecule has 1 aromatic rings. The first-order valence-corrected chi connectivity index (χ1v) is 6.30. The Labute approximate surface area is 98.7 Å². The SMILES string of the molecule is CN(CCC1CCCN1)Cc1ccccc1. The highest BCUT2D eigenvalue weighted by Gasteiger charge is 2.14. The summed E-state index contributed by atoms with van der Waals surface area (Å²) in [6.45, 7) is 3.47. The van der Waals surface area contributed by atoms with Crippen LogP contribution in [0.15, 0.2) is 30.3 Å². The van der Waals surface area contributed by atoms with Crippen molar-refractivity contribution < 1.29 is 0 Å². The Morgan fingerprint density at radius 1 is 1.31 bits per heavy atom. The van der Waals surface area contributed by atoms with E-state index in [1.54, 1.807) is 0 Å². The van der Waals surface area contributed by atoms with Gasteiger partial charge in [-0.3, -0.25) is 0 Å². The maximum Gasteiger partial charge on any atom is 0.0230 e. The van der Waals surface area contributed by atoms with Crippen LogP contribution >= 0.6 is 0 Å². The lowest BCUT2D eigenvalue weighted by Gasteiger charge is -2.19. The largest absolute Gasteiger partial charge is 0.314 e. The van der Waals surface area contributed by atoms with Crippen molar-refractivity contribution in [1.82, 2.24) is 10.2 Å². The summed E-state index contributed by atoms with van der Waals surface area (Å²) < 4.78 is 0. The van der Waals surface area contributed by atoms with Crippen LogP contribution in [0.5, 0.6) is 0 Å². The van der Waals surface area contributed by atoms with Crippen molar-refractivity contribution in [3.63, 3.8) is 0 Å². The van der Waals surface area contributed by atoms with Crippen LogP contribution in [-0.4, -0.2) is 31.1 Å². The third-order valence-corrected chi connectivity index (χ3v) is 3.32. The maximum atomic E-state index is 3.55. The lowest BCUT2D eigenvalue weighted by Crippen LogP contribution is -2.28. The monoisotopic (exact) mass is 218 g/mol. The summed E-state index contributed by atoms with van der Waals surface area (Å²) in [5, 5.41) is 3.55. The zero-order valence-corrected chi connectivity index (χ0v) is 10.2. The van der Waals surface area contributed by atoms with E-state index in [0.29, 0.717) is 0 Å². The topological polar surface area (TPSA) is 15.3 Å². The van der Waals surface area contributed by atoms with E-state index in [9.17, 15) is 0 Å². The van der Waals surface area contributed by atoms with Gasteiger partial charge in [0.15, 0.2) is 0 Å². The fraction of sp³-hybridized carbons (Fsp3) is 0.571. The van der Waals surface area contributed by atoms with Crippen molar-refractivity contribution in [2.75, 3.05) is 20.1 Å². The molecule has 0 bridgehead atoms. The lowest BCUT2D eigenvalue weighted by molar-refractivity contribution is 0.305. The van der Waals surface area contributed by atoms with Crippen LogP contribution in [0, 0.1) is 0 Å². The first-order chi connectivity index (χ1) is 7.84. The summed E-state index contributed by atoms with van der Waals surface area (Å²) in [4.78, 5) is 2.41. The first kappa shape index (κ1) is 11.6. The summed E-state index contributed by atoms with van der Waals surface area (Å²) >= 11 is 0. The van der Waals surface area contributed by atoms with E-state index < -0.39 is 0 Å². The fourth-order valence-corrected chi connectivity index (χ4v) is 2.35. The van der Waals surface area contributed by atoms with Crippen molar-refractivity contribution in [2.24, 2.45) is 0 Å². The van der Waals surface area contributed by atoms with Gasteiger partial charge < -0.3 is 10.2 Å². The maximum absolute atomic E-state index is 3.55. The molecular weight excluding hydrogens is 196 g/mol. The third-order valence-electron chi connectivity index (χ3n) is 3.32. The molecule has 1 heterocycles.